The normalized spacial score (nSPS) is 27.0. The van der Waals surface area contributed by atoms with Crippen LogP contribution in [0.15, 0.2) is 30.3 Å². The number of carbonyl (C=O) groups is 1. The zero-order chi connectivity index (χ0) is 10.1. The van der Waals surface area contributed by atoms with E-state index >= 15 is 0 Å². The second-order valence-corrected chi connectivity index (χ2v) is 4.30. The van der Waals surface area contributed by atoms with Gasteiger partial charge in [-0.15, -0.1) is 0 Å². The van der Waals surface area contributed by atoms with Crippen LogP contribution in [0.2, 0.25) is 0 Å². The van der Waals surface area contributed by atoms with E-state index < -0.39 is 11.4 Å². The molecule has 1 heterocycles. The number of carbonyl (C=O) groups excluding carboxylic acids is 1. The third-order valence-corrected chi connectivity index (χ3v) is 3.51. The van der Waals surface area contributed by atoms with Gasteiger partial charge in [-0.2, -0.15) is 0 Å². The molecule has 1 saturated heterocycles. The molecule has 0 aromatic heterocycles. The smallest absolute Gasteiger partial charge is 0.268 e. The van der Waals surface area contributed by atoms with E-state index in [0.717, 1.165) is 17.3 Å². The van der Waals surface area contributed by atoms with E-state index in [9.17, 15) is 9.18 Å². The fourth-order valence-corrected chi connectivity index (χ4v) is 2.57. The average molecular weight is 211 g/mol. The lowest BCUT2D eigenvalue weighted by atomic mass is 10.2. The van der Waals surface area contributed by atoms with Crippen LogP contribution in [0.25, 0.3) is 0 Å². The highest BCUT2D eigenvalue weighted by Crippen LogP contribution is 2.42. The highest BCUT2D eigenvalue weighted by atomic mass is 32.2. The van der Waals surface area contributed by atoms with Crippen molar-refractivity contribution in [2.45, 2.75) is 10.9 Å². The predicted molar refractivity (Wildman–Crippen MR) is 54.4 cm³/mol. The van der Waals surface area contributed by atoms with Gasteiger partial charge < -0.3 is 4.90 Å². The minimum atomic E-state index is -1.41. The molecular formula is C10H10FNOS. The molecule has 1 aromatic carbocycles. The summed E-state index contributed by atoms with van der Waals surface area (Å²) in [6, 6.07) is 9.48. The Balaban J connectivity index is 2.26. The average Bonchev–Trinajstić information content (AvgIpc) is 2.47. The summed E-state index contributed by atoms with van der Waals surface area (Å²) >= 11 is 1.04. The summed E-state index contributed by atoms with van der Waals surface area (Å²) < 4.78 is 13.1. The van der Waals surface area contributed by atoms with E-state index in [1.54, 1.807) is 7.05 Å². The van der Waals surface area contributed by atoms with E-state index in [0.29, 0.717) is 0 Å². The van der Waals surface area contributed by atoms with Gasteiger partial charge in [0.05, 0.1) is 0 Å². The Kier molecular flexibility index (Phi) is 2.46. The number of amides is 1. The lowest BCUT2D eigenvalue weighted by molar-refractivity contribution is -0.131. The molecular weight excluding hydrogens is 201 g/mol. The Morgan fingerprint density at radius 3 is 2.50 bits per heavy atom. The van der Waals surface area contributed by atoms with Crippen molar-refractivity contribution in [3.63, 3.8) is 0 Å². The first-order valence-corrected chi connectivity index (χ1v) is 5.25. The molecule has 1 aliphatic rings. The number of benzene rings is 1. The van der Waals surface area contributed by atoms with Crippen molar-refractivity contribution in [3.8, 4) is 0 Å². The summed E-state index contributed by atoms with van der Waals surface area (Å²) in [4.78, 5) is 12.7. The lowest BCUT2D eigenvalue weighted by Crippen LogP contribution is -2.25. The maximum absolute atomic E-state index is 13.1. The Labute approximate surface area is 86.1 Å². The maximum atomic E-state index is 13.1. The fourth-order valence-electron chi connectivity index (χ4n) is 1.46. The number of thioether (sulfide) groups is 1. The molecule has 0 spiro atoms. The monoisotopic (exact) mass is 211 g/mol. The van der Waals surface area contributed by atoms with Crippen molar-refractivity contribution in [2.75, 3.05) is 7.05 Å². The topological polar surface area (TPSA) is 20.3 Å². The Morgan fingerprint density at radius 2 is 2.00 bits per heavy atom. The van der Waals surface area contributed by atoms with E-state index in [4.69, 9.17) is 0 Å². The van der Waals surface area contributed by atoms with Crippen molar-refractivity contribution in [3.05, 3.63) is 35.9 Å². The molecule has 1 amide bonds. The molecule has 74 valence electrons. The molecule has 14 heavy (non-hydrogen) atoms. The van der Waals surface area contributed by atoms with Crippen LogP contribution < -0.4 is 0 Å². The van der Waals surface area contributed by atoms with Gasteiger partial charge >= 0.3 is 0 Å². The van der Waals surface area contributed by atoms with Crippen LogP contribution in [0.1, 0.15) is 10.9 Å². The molecule has 0 N–H and O–H groups in total. The van der Waals surface area contributed by atoms with Crippen molar-refractivity contribution >= 4 is 17.7 Å². The van der Waals surface area contributed by atoms with Gasteiger partial charge in [-0.25, -0.2) is 4.39 Å². The molecule has 2 atom stereocenters. The molecule has 2 nitrogen and oxygen atoms in total. The van der Waals surface area contributed by atoms with Gasteiger partial charge in [0.2, 0.25) is 5.50 Å². The highest BCUT2D eigenvalue weighted by Gasteiger charge is 2.38. The van der Waals surface area contributed by atoms with Gasteiger partial charge in [0.1, 0.15) is 5.37 Å². The molecule has 1 aliphatic heterocycles. The fraction of sp³-hybridized carbons (Fsp3) is 0.300. The van der Waals surface area contributed by atoms with Crippen LogP contribution in [0, 0.1) is 0 Å². The number of rotatable bonds is 1. The van der Waals surface area contributed by atoms with Crippen LogP contribution in [-0.4, -0.2) is 23.4 Å². The predicted octanol–water partition coefficient (Wildman–Crippen LogP) is 2.19. The number of hydrogen-bond acceptors (Lipinski definition) is 2. The Bertz CT molecular complexity index is 343. The number of halogens is 1. The van der Waals surface area contributed by atoms with Crippen molar-refractivity contribution in [1.29, 1.82) is 0 Å². The first-order chi connectivity index (χ1) is 6.70. The summed E-state index contributed by atoms with van der Waals surface area (Å²) in [5, 5.41) is -0.182. The standard InChI is InChI=1S/C10H10FNOS/c1-12-9(13)8(11)14-10(12)7-5-3-2-4-6-7/h2-6,8,10H,1H3/t8-,10-/m1/s1. The zero-order valence-corrected chi connectivity index (χ0v) is 8.50. The van der Waals surface area contributed by atoms with E-state index in [1.165, 1.54) is 4.90 Å². The van der Waals surface area contributed by atoms with Crippen molar-refractivity contribution in [2.24, 2.45) is 0 Å². The van der Waals surface area contributed by atoms with Gasteiger partial charge in [-0.05, 0) is 5.56 Å². The molecule has 0 bridgehead atoms. The minimum absolute atomic E-state index is 0.182. The third kappa shape index (κ3) is 1.50. The first kappa shape index (κ1) is 9.52. The second-order valence-electron chi connectivity index (χ2n) is 3.16. The third-order valence-electron chi connectivity index (χ3n) is 2.23. The SMILES string of the molecule is CN1C(=O)[C@H](F)S[C@@H]1c1ccccc1. The summed E-state index contributed by atoms with van der Waals surface area (Å²) in [7, 11) is 1.63. The quantitative estimate of drug-likeness (QED) is 0.709. The highest BCUT2D eigenvalue weighted by molar-refractivity contribution is 8.01. The minimum Gasteiger partial charge on any atom is -0.326 e. The summed E-state index contributed by atoms with van der Waals surface area (Å²) in [5.74, 6) is -0.441. The van der Waals surface area contributed by atoms with Gasteiger partial charge in [-0.1, -0.05) is 42.1 Å². The molecule has 0 saturated carbocycles. The van der Waals surface area contributed by atoms with Crippen molar-refractivity contribution < 1.29 is 9.18 Å². The number of nitrogens with zero attached hydrogens (tertiary/aromatic N) is 1. The van der Waals surface area contributed by atoms with Crippen LogP contribution in [0.5, 0.6) is 0 Å². The maximum Gasteiger partial charge on any atom is 0.268 e. The van der Waals surface area contributed by atoms with Gasteiger partial charge in [0.25, 0.3) is 5.91 Å². The summed E-state index contributed by atoms with van der Waals surface area (Å²) in [6.07, 6.45) is 0. The molecule has 0 radical (unpaired) electrons. The molecule has 1 aromatic rings. The van der Waals surface area contributed by atoms with Crippen LogP contribution in [0.3, 0.4) is 0 Å². The Morgan fingerprint density at radius 1 is 1.36 bits per heavy atom. The summed E-state index contributed by atoms with van der Waals surface area (Å²) in [6.45, 7) is 0. The van der Waals surface area contributed by atoms with Gasteiger partial charge in [0.15, 0.2) is 0 Å². The number of alkyl halides is 1. The second kappa shape index (κ2) is 3.61. The van der Waals surface area contributed by atoms with Gasteiger partial charge in [-0.3, -0.25) is 4.79 Å². The van der Waals surface area contributed by atoms with Crippen LogP contribution >= 0.6 is 11.8 Å². The van der Waals surface area contributed by atoms with E-state index in [-0.39, 0.29) is 5.37 Å². The molecule has 0 aliphatic carbocycles. The number of hydrogen-bond donors (Lipinski definition) is 0. The van der Waals surface area contributed by atoms with Gasteiger partial charge in [0, 0.05) is 7.05 Å². The molecule has 4 heteroatoms. The Hall–Kier alpha value is -1.03. The van der Waals surface area contributed by atoms with Crippen LogP contribution in [-0.2, 0) is 4.79 Å². The first-order valence-electron chi connectivity index (χ1n) is 4.31. The zero-order valence-electron chi connectivity index (χ0n) is 7.68. The largest absolute Gasteiger partial charge is 0.326 e. The van der Waals surface area contributed by atoms with E-state index in [1.807, 2.05) is 30.3 Å². The molecule has 1 fully saturated rings. The molecule has 2 rings (SSSR count). The lowest BCUT2D eigenvalue weighted by Gasteiger charge is -2.17. The van der Waals surface area contributed by atoms with Crippen molar-refractivity contribution in [1.82, 2.24) is 4.90 Å². The van der Waals surface area contributed by atoms with Crippen LogP contribution in [0.4, 0.5) is 4.39 Å². The van der Waals surface area contributed by atoms with E-state index in [2.05, 4.69) is 0 Å². The molecule has 0 unspecified atom stereocenters. The summed E-state index contributed by atoms with van der Waals surface area (Å²) in [5.41, 5.74) is -0.446.